The zero-order chi connectivity index (χ0) is 14.3. The Morgan fingerprint density at radius 1 is 1.37 bits per heavy atom. The molecule has 0 atom stereocenters. The van der Waals surface area contributed by atoms with E-state index in [0.717, 1.165) is 0 Å². The van der Waals surface area contributed by atoms with E-state index >= 15 is 0 Å². The summed E-state index contributed by atoms with van der Waals surface area (Å²) in [5.74, 6) is -0.758. The van der Waals surface area contributed by atoms with Crippen LogP contribution in [0.1, 0.15) is 10.4 Å². The van der Waals surface area contributed by atoms with Crippen molar-refractivity contribution in [3.8, 4) is 5.75 Å². The van der Waals surface area contributed by atoms with E-state index in [4.69, 9.17) is 9.84 Å². The normalized spacial score (nSPS) is 10.3. The summed E-state index contributed by atoms with van der Waals surface area (Å²) in [4.78, 5) is 23.9. The Labute approximate surface area is 112 Å². The number of rotatable bonds is 7. The Hall–Kier alpha value is -2.08. The number of aromatic carboxylic acids is 1. The fourth-order valence-electron chi connectivity index (χ4n) is 1.48. The van der Waals surface area contributed by atoms with Gasteiger partial charge < -0.3 is 15.2 Å². The number of carbonyl (C=O) groups excluding carboxylic acids is 1. The topological polar surface area (TPSA) is 78.9 Å². The largest absolute Gasteiger partial charge is 0.491 e. The summed E-state index contributed by atoms with van der Waals surface area (Å²) in [5, 5.41) is 11.5. The van der Waals surface area contributed by atoms with Crippen LogP contribution in [0.15, 0.2) is 24.3 Å². The second-order valence-electron chi connectivity index (χ2n) is 4.06. The molecule has 0 bridgehead atoms. The SMILES string of the molecule is CNC(=O)CN(C)CCOc1ccccc1C(=O)O. The van der Waals surface area contributed by atoms with Gasteiger partial charge in [0, 0.05) is 13.6 Å². The molecule has 0 saturated heterocycles. The highest BCUT2D eigenvalue weighted by atomic mass is 16.5. The number of para-hydroxylation sites is 1. The van der Waals surface area contributed by atoms with Crippen LogP contribution in [0.25, 0.3) is 0 Å². The van der Waals surface area contributed by atoms with Gasteiger partial charge in [0.05, 0.1) is 6.54 Å². The molecule has 1 aromatic rings. The van der Waals surface area contributed by atoms with Crippen molar-refractivity contribution in [2.24, 2.45) is 0 Å². The van der Waals surface area contributed by atoms with Gasteiger partial charge in [-0.05, 0) is 19.2 Å². The minimum absolute atomic E-state index is 0.0755. The Bertz CT molecular complexity index is 448. The first-order valence-electron chi connectivity index (χ1n) is 5.89. The minimum Gasteiger partial charge on any atom is -0.491 e. The molecule has 2 N–H and O–H groups in total. The molecule has 1 rings (SSSR count). The minimum atomic E-state index is -1.02. The maximum atomic E-state index is 11.1. The van der Waals surface area contributed by atoms with Crippen LogP contribution in [-0.2, 0) is 4.79 Å². The summed E-state index contributed by atoms with van der Waals surface area (Å²) in [6, 6.07) is 6.47. The van der Waals surface area contributed by atoms with Gasteiger partial charge in [-0.3, -0.25) is 9.69 Å². The van der Waals surface area contributed by atoms with Crippen LogP contribution in [0.3, 0.4) is 0 Å². The molecule has 0 aliphatic rings. The number of hydrogen-bond donors (Lipinski definition) is 2. The number of carboxylic acids is 1. The highest BCUT2D eigenvalue weighted by Gasteiger charge is 2.10. The lowest BCUT2D eigenvalue weighted by Crippen LogP contribution is -2.35. The number of likely N-dealkylation sites (N-methyl/N-ethyl adjacent to an activating group) is 2. The van der Waals surface area contributed by atoms with E-state index in [2.05, 4.69) is 5.32 Å². The van der Waals surface area contributed by atoms with Crippen LogP contribution < -0.4 is 10.1 Å². The third-order valence-electron chi connectivity index (χ3n) is 2.54. The summed E-state index contributed by atoms with van der Waals surface area (Å²) < 4.78 is 5.43. The third-order valence-corrected chi connectivity index (χ3v) is 2.54. The molecule has 0 aliphatic heterocycles. The number of nitrogens with one attached hydrogen (secondary N) is 1. The van der Waals surface area contributed by atoms with Gasteiger partial charge in [-0.25, -0.2) is 4.79 Å². The monoisotopic (exact) mass is 266 g/mol. The van der Waals surface area contributed by atoms with Gasteiger partial charge in [-0.1, -0.05) is 12.1 Å². The standard InChI is InChI=1S/C13H18N2O4/c1-14-12(16)9-15(2)7-8-19-11-6-4-3-5-10(11)13(17)18/h3-6H,7-9H2,1-2H3,(H,14,16)(H,17,18). The van der Waals surface area contributed by atoms with Crippen molar-refractivity contribution in [3.63, 3.8) is 0 Å². The highest BCUT2D eigenvalue weighted by molar-refractivity contribution is 5.90. The molecule has 0 spiro atoms. The number of benzene rings is 1. The lowest BCUT2D eigenvalue weighted by atomic mass is 10.2. The quantitative estimate of drug-likeness (QED) is 0.748. The van der Waals surface area contributed by atoms with Crippen LogP contribution in [0.4, 0.5) is 0 Å². The van der Waals surface area contributed by atoms with Crippen molar-refractivity contribution in [2.45, 2.75) is 0 Å². The lowest BCUT2D eigenvalue weighted by Gasteiger charge is -2.16. The molecule has 0 unspecified atom stereocenters. The summed E-state index contributed by atoms with van der Waals surface area (Å²) in [7, 11) is 3.37. The fraction of sp³-hybridized carbons (Fsp3) is 0.385. The number of nitrogens with zero attached hydrogens (tertiary/aromatic N) is 1. The molecular weight excluding hydrogens is 248 g/mol. The molecule has 0 fully saturated rings. The Balaban J connectivity index is 2.45. The van der Waals surface area contributed by atoms with E-state index in [1.54, 1.807) is 37.2 Å². The van der Waals surface area contributed by atoms with E-state index in [1.807, 2.05) is 0 Å². The van der Waals surface area contributed by atoms with Gasteiger partial charge in [0.2, 0.25) is 5.91 Å². The Kier molecular flexibility index (Phi) is 5.81. The maximum Gasteiger partial charge on any atom is 0.339 e. The van der Waals surface area contributed by atoms with Crippen LogP contribution in [0, 0.1) is 0 Å². The summed E-state index contributed by atoms with van der Waals surface area (Å²) in [5.41, 5.74) is 0.136. The molecule has 0 radical (unpaired) electrons. The van der Waals surface area contributed by atoms with Gasteiger partial charge in [0.15, 0.2) is 0 Å². The predicted octanol–water partition coefficient (Wildman–Crippen LogP) is 0.441. The van der Waals surface area contributed by atoms with E-state index < -0.39 is 5.97 Å². The maximum absolute atomic E-state index is 11.1. The molecule has 6 heteroatoms. The number of carboxylic acid groups (broad SMARTS) is 1. The van der Waals surface area contributed by atoms with Crippen molar-refractivity contribution in [1.29, 1.82) is 0 Å². The summed E-state index contributed by atoms with van der Waals surface area (Å²) >= 11 is 0. The predicted molar refractivity (Wildman–Crippen MR) is 70.5 cm³/mol. The van der Waals surface area contributed by atoms with Gasteiger partial charge in [0.1, 0.15) is 17.9 Å². The van der Waals surface area contributed by atoms with Gasteiger partial charge in [0.25, 0.3) is 0 Å². The molecule has 0 saturated carbocycles. The van der Waals surface area contributed by atoms with Crippen molar-refractivity contribution in [2.75, 3.05) is 33.8 Å². The Morgan fingerprint density at radius 2 is 2.05 bits per heavy atom. The molecule has 0 aromatic heterocycles. The lowest BCUT2D eigenvalue weighted by molar-refractivity contribution is -0.121. The number of ether oxygens (including phenoxy) is 1. The first kappa shape index (κ1) is 15.0. The molecule has 6 nitrogen and oxygen atoms in total. The number of hydrogen-bond acceptors (Lipinski definition) is 4. The summed E-state index contributed by atoms with van der Waals surface area (Å²) in [6.07, 6.45) is 0. The Morgan fingerprint density at radius 3 is 2.68 bits per heavy atom. The summed E-state index contributed by atoms with van der Waals surface area (Å²) in [6.45, 7) is 1.12. The van der Waals surface area contributed by atoms with E-state index in [0.29, 0.717) is 18.9 Å². The zero-order valence-electron chi connectivity index (χ0n) is 11.0. The highest BCUT2D eigenvalue weighted by Crippen LogP contribution is 2.17. The van der Waals surface area contributed by atoms with Crippen LogP contribution in [0.5, 0.6) is 5.75 Å². The average molecular weight is 266 g/mol. The van der Waals surface area contributed by atoms with Gasteiger partial charge >= 0.3 is 5.97 Å². The molecule has 0 heterocycles. The first-order chi connectivity index (χ1) is 9.04. The molecule has 1 amide bonds. The van der Waals surface area contributed by atoms with Crippen LogP contribution in [-0.4, -0.2) is 55.7 Å². The molecule has 104 valence electrons. The van der Waals surface area contributed by atoms with Gasteiger partial charge in [-0.2, -0.15) is 0 Å². The van der Waals surface area contributed by atoms with Crippen LogP contribution >= 0.6 is 0 Å². The second kappa shape index (κ2) is 7.38. The smallest absolute Gasteiger partial charge is 0.339 e. The second-order valence-corrected chi connectivity index (χ2v) is 4.06. The average Bonchev–Trinajstić information content (AvgIpc) is 2.38. The molecule has 0 aliphatic carbocycles. The number of carbonyl (C=O) groups is 2. The van der Waals surface area contributed by atoms with E-state index in [9.17, 15) is 9.59 Å². The third kappa shape index (κ3) is 4.97. The first-order valence-corrected chi connectivity index (χ1v) is 5.89. The van der Waals surface area contributed by atoms with Gasteiger partial charge in [-0.15, -0.1) is 0 Å². The molecule has 1 aromatic carbocycles. The van der Waals surface area contributed by atoms with Crippen LogP contribution in [0.2, 0.25) is 0 Å². The van der Waals surface area contributed by atoms with E-state index in [-0.39, 0.29) is 18.0 Å². The number of amides is 1. The van der Waals surface area contributed by atoms with Crippen molar-refractivity contribution in [3.05, 3.63) is 29.8 Å². The van der Waals surface area contributed by atoms with Crippen molar-refractivity contribution < 1.29 is 19.4 Å². The molecule has 19 heavy (non-hydrogen) atoms. The fourth-order valence-corrected chi connectivity index (χ4v) is 1.48. The molecular formula is C13H18N2O4. The van der Waals surface area contributed by atoms with E-state index in [1.165, 1.54) is 6.07 Å². The van der Waals surface area contributed by atoms with Crippen molar-refractivity contribution in [1.82, 2.24) is 10.2 Å². The zero-order valence-corrected chi connectivity index (χ0v) is 11.0. The van der Waals surface area contributed by atoms with Crippen molar-refractivity contribution >= 4 is 11.9 Å².